The van der Waals surface area contributed by atoms with Gasteiger partial charge in [-0.05, 0) is 29.0 Å². The zero-order valence-corrected chi connectivity index (χ0v) is 9.58. The van der Waals surface area contributed by atoms with E-state index < -0.39 is 16.9 Å². The van der Waals surface area contributed by atoms with Gasteiger partial charge in [0.05, 0.1) is 5.56 Å². The molecule has 0 atom stereocenters. The topological polar surface area (TPSA) is 37.3 Å². The fraction of sp³-hybridized carbons (Fsp3) is 0. The molecule has 1 aromatic rings. The summed E-state index contributed by atoms with van der Waals surface area (Å²) >= 11 is 4.34. The Bertz CT molecular complexity index is 457. The second kappa shape index (κ2) is 5.98. The molecule has 1 aliphatic rings. The van der Waals surface area contributed by atoms with Gasteiger partial charge >= 0.3 is 35.5 Å². The van der Waals surface area contributed by atoms with Crippen molar-refractivity contribution >= 4 is 59.1 Å². The predicted molar refractivity (Wildman–Crippen MR) is 73.3 cm³/mol. The normalized spacial score (nSPS) is 14.9. The molecule has 1 aromatic carbocycles. The van der Waals surface area contributed by atoms with Gasteiger partial charge < -0.3 is 5.11 Å². The fourth-order valence-corrected chi connectivity index (χ4v) is 3.46. The van der Waals surface area contributed by atoms with E-state index >= 15 is 0 Å². The predicted octanol–water partition coefficient (Wildman–Crippen LogP) is 2.43. The summed E-state index contributed by atoms with van der Waals surface area (Å²) in [5.74, 6) is -0.897. The molecule has 0 amide bonds. The number of carboxylic acids is 1. The van der Waals surface area contributed by atoms with E-state index in [4.69, 9.17) is 5.11 Å². The molecule has 0 bridgehead atoms. The van der Waals surface area contributed by atoms with Crippen LogP contribution in [0.5, 0.6) is 0 Å². The molecule has 16 heavy (non-hydrogen) atoms. The number of hydrogen-bond donors (Lipinski definition) is 3. The van der Waals surface area contributed by atoms with E-state index in [1.54, 1.807) is 18.2 Å². The Balaban J connectivity index is 0.00000128. The molecule has 1 aliphatic heterocycles. The fourth-order valence-electron chi connectivity index (χ4n) is 1.36. The first-order chi connectivity index (χ1) is 7.18. The Hall–Kier alpha value is -0.130. The van der Waals surface area contributed by atoms with Crippen LogP contribution in [0, 0.1) is 0 Å². The van der Waals surface area contributed by atoms with Gasteiger partial charge in [-0.3, -0.25) is 0 Å². The van der Waals surface area contributed by atoms with Crippen LogP contribution in [0.1, 0.15) is 10.4 Å². The van der Waals surface area contributed by atoms with Gasteiger partial charge in [0, 0.05) is 9.79 Å². The van der Waals surface area contributed by atoms with E-state index in [9.17, 15) is 4.79 Å². The summed E-state index contributed by atoms with van der Waals surface area (Å²) in [5.41, 5.74) is 0.319. The van der Waals surface area contributed by atoms with Crippen molar-refractivity contribution in [1.82, 2.24) is 0 Å². The van der Waals surface area contributed by atoms with Crippen molar-refractivity contribution in [2.75, 3.05) is 0 Å². The molecule has 0 saturated carbocycles. The molecule has 1 heterocycles. The second-order valence-electron chi connectivity index (χ2n) is 3.10. The monoisotopic (exact) mass is 262 g/mol. The summed E-state index contributed by atoms with van der Waals surface area (Å²) in [6.45, 7) is 0. The second-order valence-corrected chi connectivity index (χ2v) is 5.47. The molecule has 0 aromatic heterocycles. The molecule has 80 valence electrons. The van der Waals surface area contributed by atoms with E-state index in [-0.39, 0.29) is 29.6 Å². The van der Waals surface area contributed by atoms with Gasteiger partial charge in [-0.25, -0.2) is 4.79 Å². The van der Waals surface area contributed by atoms with Gasteiger partial charge in [-0.2, -0.15) is 10.9 Å². The van der Waals surface area contributed by atoms with Gasteiger partial charge in [0.1, 0.15) is 0 Å². The molecule has 0 saturated heterocycles. The molecule has 1 N–H and O–H groups in total. The average Bonchev–Trinajstić information content (AvgIpc) is 2.71. The van der Waals surface area contributed by atoms with Crippen molar-refractivity contribution in [2.45, 2.75) is 9.79 Å². The van der Waals surface area contributed by atoms with Crippen LogP contribution in [-0.2, 0) is 0 Å². The first kappa shape index (κ1) is 13.9. The molecule has 0 spiro atoms. The Labute approximate surface area is 124 Å². The van der Waals surface area contributed by atoms with Crippen LogP contribution in [0.2, 0.25) is 0 Å². The third-order valence-electron chi connectivity index (χ3n) is 2.10. The zero-order chi connectivity index (χ0) is 10.8. The third kappa shape index (κ3) is 2.96. The molecule has 0 unspecified atom stereocenters. The Morgan fingerprint density at radius 2 is 1.88 bits per heavy atom. The van der Waals surface area contributed by atoms with E-state index in [1.807, 2.05) is 12.2 Å². The van der Waals surface area contributed by atoms with Crippen LogP contribution in [0.4, 0.5) is 0 Å². The van der Waals surface area contributed by atoms with Gasteiger partial charge in [0.2, 0.25) is 0 Å². The third-order valence-corrected chi connectivity index (χ3v) is 4.58. The van der Waals surface area contributed by atoms with E-state index in [0.717, 1.165) is 9.79 Å². The van der Waals surface area contributed by atoms with Crippen molar-refractivity contribution < 1.29 is 9.90 Å². The Morgan fingerprint density at radius 3 is 2.44 bits per heavy atom. The number of thiol groups is 2. The molecule has 0 aliphatic carbocycles. The van der Waals surface area contributed by atoms with Crippen LogP contribution < -0.4 is 0 Å². The van der Waals surface area contributed by atoms with E-state index in [2.05, 4.69) is 23.4 Å². The maximum absolute atomic E-state index is 10.8. The molecule has 2 nitrogen and oxygen atoms in total. The summed E-state index contributed by atoms with van der Waals surface area (Å²) < 4.78 is 0. The SMILES string of the molecule is O=C(O)c1ccc(S)c([SH]2C=CC=C2)c1.[NaH]. The first-order valence-electron chi connectivity index (χ1n) is 4.38. The van der Waals surface area contributed by atoms with Crippen molar-refractivity contribution in [3.63, 3.8) is 0 Å². The number of allylic oxidation sites excluding steroid dienone is 2. The van der Waals surface area contributed by atoms with Gasteiger partial charge in [0.15, 0.2) is 0 Å². The Morgan fingerprint density at radius 1 is 1.25 bits per heavy atom. The number of carbonyl (C=O) groups is 1. The maximum atomic E-state index is 10.8. The molecule has 5 heteroatoms. The van der Waals surface area contributed by atoms with Crippen molar-refractivity contribution in [1.29, 1.82) is 0 Å². The summed E-state index contributed by atoms with van der Waals surface area (Å²) in [4.78, 5) is 12.7. The molecule has 0 radical (unpaired) electrons. The zero-order valence-electron chi connectivity index (χ0n) is 7.79. The molecular weight excluding hydrogens is 251 g/mol. The number of hydrogen-bond acceptors (Lipinski definition) is 2. The first-order valence-corrected chi connectivity index (χ1v) is 6.31. The van der Waals surface area contributed by atoms with Crippen LogP contribution in [0.3, 0.4) is 0 Å². The molecule has 0 fully saturated rings. The van der Waals surface area contributed by atoms with Gasteiger partial charge in [0.25, 0.3) is 0 Å². The number of carboxylic acid groups (broad SMARTS) is 1. The standard InChI is InChI=1S/C11H10O2S2.Na.H/c12-11(13)8-3-4-9(14)10(7-8)15-5-1-2-6-15;;/h1-7,14-15H,(H,12,13);;. The molecular formula is C11H11NaO2S2. The van der Waals surface area contributed by atoms with E-state index in [1.165, 1.54) is 0 Å². The Kier molecular flexibility index (Phi) is 5.21. The quantitative estimate of drug-likeness (QED) is 0.565. The van der Waals surface area contributed by atoms with E-state index in [0.29, 0.717) is 5.56 Å². The number of benzene rings is 1. The minimum absolute atomic E-state index is 0. The van der Waals surface area contributed by atoms with Gasteiger partial charge in [-0.1, -0.05) is 12.2 Å². The van der Waals surface area contributed by atoms with Crippen LogP contribution in [0.15, 0.2) is 51.0 Å². The van der Waals surface area contributed by atoms with Crippen LogP contribution in [-0.4, -0.2) is 40.6 Å². The van der Waals surface area contributed by atoms with Crippen molar-refractivity contribution in [3.8, 4) is 0 Å². The van der Waals surface area contributed by atoms with Crippen LogP contribution in [0.25, 0.3) is 0 Å². The summed E-state index contributed by atoms with van der Waals surface area (Å²) in [6, 6.07) is 5.02. The van der Waals surface area contributed by atoms with Crippen LogP contribution >= 0.6 is 23.5 Å². The summed E-state index contributed by atoms with van der Waals surface area (Å²) in [7, 11) is -0.503. The number of rotatable bonds is 2. The molecule has 2 rings (SSSR count). The summed E-state index contributed by atoms with van der Waals surface area (Å²) in [6.07, 6.45) is 3.96. The van der Waals surface area contributed by atoms with Crippen molar-refractivity contribution in [3.05, 3.63) is 46.7 Å². The number of aromatic carboxylic acids is 1. The van der Waals surface area contributed by atoms with Gasteiger partial charge in [-0.15, -0.1) is 12.6 Å². The summed E-state index contributed by atoms with van der Waals surface area (Å²) in [5, 5.41) is 13.0. The van der Waals surface area contributed by atoms with Crippen molar-refractivity contribution in [2.24, 2.45) is 0 Å². The minimum atomic E-state index is -0.897. The average molecular weight is 262 g/mol.